The smallest absolute Gasteiger partial charge is 0.255 e. The van der Waals surface area contributed by atoms with Crippen LogP contribution in [0.15, 0.2) is 18.2 Å². The highest BCUT2D eigenvalue weighted by molar-refractivity contribution is 5.97. The van der Waals surface area contributed by atoms with E-state index >= 15 is 0 Å². The molecule has 1 aromatic carbocycles. The van der Waals surface area contributed by atoms with Crippen LogP contribution in [0.1, 0.15) is 36.5 Å². The molecule has 1 amide bonds. The van der Waals surface area contributed by atoms with Crippen molar-refractivity contribution in [3.8, 4) is 5.75 Å². The molecule has 21 heavy (non-hydrogen) atoms. The van der Waals surface area contributed by atoms with Gasteiger partial charge < -0.3 is 20.7 Å². The molecule has 0 spiro atoms. The molecule has 1 aliphatic heterocycles. The molecule has 0 radical (unpaired) electrons. The van der Waals surface area contributed by atoms with E-state index < -0.39 is 0 Å². The maximum absolute atomic E-state index is 12.4. The van der Waals surface area contributed by atoms with Gasteiger partial charge >= 0.3 is 0 Å². The molecule has 1 fully saturated rings. The number of hydrogen-bond donors (Lipinski definition) is 2. The van der Waals surface area contributed by atoms with Crippen molar-refractivity contribution in [1.29, 1.82) is 0 Å². The standard InChI is InChI=1S/C16H25N3O2/c1-3-8-19-9-6-13(7-10-19)18-16(20)14-5-4-12(17)11-15(14)21-2/h4-5,11,13H,3,6-10,17H2,1-2H3,(H,18,20). The zero-order valence-electron chi connectivity index (χ0n) is 12.9. The van der Waals surface area contributed by atoms with Gasteiger partial charge in [-0.05, 0) is 37.9 Å². The predicted molar refractivity (Wildman–Crippen MR) is 84.6 cm³/mol. The highest BCUT2D eigenvalue weighted by atomic mass is 16.5. The summed E-state index contributed by atoms with van der Waals surface area (Å²) in [6.45, 7) is 5.45. The van der Waals surface area contributed by atoms with Crippen LogP contribution in [0.3, 0.4) is 0 Å². The van der Waals surface area contributed by atoms with E-state index in [1.807, 2.05) is 0 Å². The normalized spacial score (nSPS) is 16.7. The Balaban J connectivity index is 1.93. The Hall–Kier alpha value is -1.75. The summed E-state index contributed by atoms with van der Waals surface area (Å²) in [5.74, 6) is 0.441. The first-order valence-corrected chi connectivity index (χ1v) is 7.60. The van der Waals surface area contributed by atoms with E-state index in [-0.39, 0.29) is 11.9 Å². The first kappa shape index (κ1) is 15.6. The van der Waals surface area contributed by atoms with Crippen LogP contribution in [-0.4, -0.2) is 43.6 Å². The predicted octanol–water partition coefficient (Wildman–Crippen LogP) is 1.88. The van der Waals surface area contributed by atoms with Crippen molar-refractivity contribution in [1.82, 2.24) is 10.2 Å². The Morgan fingerprint density at radius 2 is 2.14 bits per heavy atom. The van der Waals surface area contributed by atoms with E-state index in [4.69, 9.17) is 10.5 Å². The summed E-state index contributed by atoms with van der Waals surface area (Å²) in [4.78, 5) is 14.8. The van der Waals surface area contributed by atoms with Gasteiger partial charge in [-0.2, -0.15) is 0 Å². The summed E-state index contributed by atoms with van der Waals surface area (Å²) in [6.07, 6.45) is 3.19. The number of benzene rings is 1. The zero-order chi connectivity index (χ0) is 15.2. The number of nitrogens with two attached hydrogens (primary N) is 1. The Labute approximate surface area is 126 Å². The summed E-state index contributed by atoms with van der Waals surface area (Å²) in [5.41, 5.74) is 6.85. The number of carbonyl (C=O) groups excluding carboxylic acids is 1. The third-order valence-corrected chi connectivity index (χ3v) is 3.93. The van der Waals surface area contributed by atoms with E-state index in [1.165, 1.54) is 6.42 Å². The lowest BCUT2D eigenvalue weighted by atomic mass is 10.0. The van der Waals surface area contributed by atoms with Crippen LogP contribution >= 0.6 is 0 Å². The van der Waals surface area contributed by atoms with Crippen molar-refractivity contribution >= 4 is 11.6 Å². The molecule has 0 bridgehead atoms. The number of methoxy groups -OCH3 is 1. The highest BCUT2D eigenvalue weighted by Gasteiger charge is 2.22. The maximum Gasteiger partial charge on any atom is 0.255 e. The number of rotatable bonds is 5. The number of nitrogens with zero attached hydrogens (tertiary/aromatic N) is 1. The Bertz CT molecular complexity index is 482. The number of amides is 1. The average Bonchev–Trinajstić information content (AvgIpc) is 2.49. The highest BCUT2D eigenvalue weighted by Crippen LogP contribution is 2.22. The average molecular weight is 291 g/mol. The van der Waals surface area contributed by atoms with E-state index in [1.54, 1.807) is 25.3 Å². The molecule has 1 aliphatic rings. The van der Waals surface area contributed by atoms with E-state index in [0.29, 0.717) is 17.0 Å². The summed E-state index contributed by atoms with van der Waals surface area (Å²) in [6, 6.07) is 5.36. The molecule has 5 nitrogen and oxygen atoms in total. The van der Waals surface area contributed by atoms with Gasteiger partial charge in [0.25, 0.3) is 5.91 Å². The fraction of sp³-hybridized carbons (Fsp3) is 0.562. The fourth-order valence-electron chi connectivity index (χ4n) is 2.78. The number of anilines is 1. The van der Waals surface area contributed by atoms with Crippen LogP contribution in [-0.2, 0) is 0 Å². The van der Waals surface area contributed by atoms with Crippen molar-refractivity contribution in [2.75, 3.05) is 32.5 Å². The third kappa shape index (κ3) is 4.11. The number of piperidine rings is 1. The van der Waals surface area contributed by atoms with Crippen molar-refractivity contribution in [2.24, 2.45) is 0 Å². The molecule has 116 valence electrons. The molecule has 0 saturated carbocycles. The summed E-state index contributed by atoms with van der Waals surface area (Å²) >= 11 is 0. The van der Waals surface area contributed by atoms with Crippen LogP contribution in [0.5, 0.6) is 5.75 Å². The first-order chi connectivity index (χ1) is 10.1. The lowest BCUT2D eigenvalue weighted by Crippen LogP contribution is -2.44. The van der Waals surface area contributed by atoms with Gasteiger partial charge in [0.2, 0.25) is 0 Å². The second kappa shape index (κ2) is 7.31. The van der Waals surface area contributed by atoms with Gasteiger partial charge in [0.05, 0.1) is 12.7 Å². The monoisotopic (exact) mass is 291 g/mol. The molecule has 2 rings (SSSR count). The van der Waals surface area contributed by atoms with Crippen molar-refractivity contribution in [2.45, 2.75) is 32.2 Å². The molecule has 0 unspecified atom stereocenters. The largest absolute Gasteiger partial charge is 0.496 e. The number of nitrogen functional groups attached to an aromatic ring is 1. The minimum atomic E-state index is -0.0826. The Morgan fingerprint density at radius 1 is 1.43 bits per heavy atom. The molecular formula is C16H25N3O2. The number of carbonyl (C=O) groups is 1. The Kier molecular flexibility index (Phi) is 5.44. The lowest BCUT2D eigenvalue weighted by Gasteiger charge is -2.32. The first-order valence-electron chi connectivity index (χ1n) is 7.60. The minimum Gasteiger partial charge on any atom is -0.496 e. The SMILES string of the molecule is CCCN1CCC(NC(=O)c2ccc(N)cc2OC)CC1. The summed E-state index contributed by atoms with van der Waals surface area (Å²) in [5, 5.41) is 3.11. The molecule has 1 saturated heterocycles. The van der Waals surface area contributed by atoms with E-state index in [2.05, 4.69) is 17.1 Å². The second-order valence-electron chi connectivity index (χ2n) is 5.55. The van der Waals surface area contributed by atoms with Gasteiger partial charge in [-0.3, -0.25) is 4.79 Å². The van der Waals surface area contributed by atoms with Gasteiger partial charge in [-0.1, -0.05) is 6.92 Å². The summed E-state index contributed by atoms with van der Waals surface area (Å²) in [7, 11) is 1.55. The fourth-order valence-corrected chi connectivity index (χ4v) is 2.78. The van der Waals surface area contributed by atoms with Crippen LogP contribution < -0.4 is 15.8 Å². The van der Waals surface area contributed by atoms with E-state index in [0.717, 1.165) is 32.5 Å². The number of ether oxygens (including phenoxy) is 1. The van der Waals surface area contributed by atoms with Gasteiger partial charge in [0, 0.05) is 30.9 Å². The summed E-state index contributed by atoms with van der Waals surface area (Å²) < 4.78 is 5.24. The molecular weight excluding hydrogens is 266 g/mol. The quantitative estimate of drug-likeness (QED) is 0.813. The zero-order valence-corrected chi connectivity index (χ0v) is 12.9. The van der Waals surface area contributed by atoms with Gasteiger partial charge in [0.15, 0.2) is 0 Å². The van der Waals surface area contributed by atoms with Gasteiger partial charge in [0.1, 0.15) is 5.75 Å². The number of nitrogens with one attached hydrogen (secondary N) is 1. The maximum atomic E-state index is 12.4. The lowest BCUT2D eigenvalue weighted by molar-refractivity contribution is 0.0908. The molecule has 1 heterocycles. The topological polar surface area (TPSA) is 67.6 Å². The van der Waals surface area contributed by atoms with Crippen LogP contribution in [0, 0.1) is 0 Å². The Morgan fingerprint density at radius 3 is 2.76 bits per heavy atom. The van der Waals surface area contributed by atoms with Crippen LogP contribution in [0.2, 0.25) is 0 Å². The van der Waals surface area contributed by atoms with Crippen LogP contribution in [0.4, 0.5) is 5.69 Å². The molecule has 0 aliphatic carbocycles. The van der Waals surface area contributed by atoms with Crippen molar-refractivity contribution in [3.63, 3.8) is 0 Å². The third-order valence-electron chi connectivity index (χ3n) is 3.93. The minimum absolute atomic E-state index is 0.0826. The molecule has 0 aromatic heterocycles. The molecule has 1 aromatic rings. The number of likely N-dealkylation sites (tertiary alicyclic amines) is 1. The van der Waals surface area contributed by atoms with Gasteiger partial charge in [-0.25, -0.2) is 0 Å². The molecule has 0 atom stereocenters. The van der Waals surface area contributed by atoms with E-state index in [9.17, 15) is 4.79 Å². The van der Waals surface area contributed by atoms with Crippen molar-refractivity contribution < 1.29 is 9.53 Å². The second-order valence-corrected chi connectivity index (χ2v) is 5.55. The molecule has 5 heteroatoms. The number of hydrogen-bond acceptors (Lipinski definition) is 4. The molecule has 3 N–H and O–H groups in total. The van der Waals surface area contributed by atoms with Gasteiger partial charge in [-0.15, -0.1) is 0 Å². The van der Waals surface area contributed by atoms with Crippen LogP contribution in [0.25, 0.3) is 0 Å². The van der Waals surface area contributed by atoms with Crippen molar-refractivity contribution in [3.05, 3.63) is 23.8 Å².